The van der Waals surface area contributed by atoms with Gasteiger partial charge in [0.2, 0.25) is 5.89 Å². The molecular weight excluding hydrogens is 499 g/mol. The number of aliphatic imine (C=N–C) groups is 1. The second-order valence-corrected chi connectivity index (χ2v) is 8.45. The maximum Gasteiger partial charge on any atom is 0.226 e. The van der Waals surface area contributed by atoms with Crippen LogP contribution in [0.1, 0.15) is 48.8 Å². The van der Waals surface area contributed by atoms with Gasteiger partial charge in [0.15, 0.2) is 11.8 Å². The summed E-state index contributed by atoms with van der Waals surface area (Å²) in [5.41, 5.74) is 0. The van der Waals surface area contributed by atoms with Crippen LogP contribution in [0, 0.1) is 12.8 Å². The monoisotopic (exact) mass is 532 g/mol. The molecule has 1 aliphatic heterocycles. The summed E-state index contributed by atoms with van der Waals surface area (Å²) < 4.78 is 5.15. The zero-order chi connectivity index (χ0) is 19.8. The fourth-order valence-corrected chi connectivity index (χ4v) is 4.39. The molecule has 3 rings (SSSR count). The maximum absolute atomic E-state index is 5.15. The van der Waals surface area contributed by atoms with E-state index in [0.717, 1.165) is 37.8 Å². The van der Waals surface area contributed by atoms with Crippen LogP contribution in [0.15, 0.2) is 27.0 Å². The Kier molecular flexibility index (Phi) is 10.4. The minimum absolute atomic E-state index is 0. The van der Waals surface area contributed by atoms with Crippen molar-refractivity contribution in [2.75, 3.05) is 33.2 Å². The molecule has 0 aromatic carbocycles. The average Bonchev–Trinajstić information content (AvgIpc) is 3.37. The van der Waals surface area contributed by atoms with Gasteiger partial charge in [-0.2, -0.15) is 4.98 Å². The second-order valence-electron chi connectivity index (χ2n) is 7.47. The van der Waals surface area contributed by atoms with E-state index in [1.807, 2.05) is 25.3 Å². The molecule has 1 fully saturated rings. The van der Waals surface area contributed by atoms with Crippen molar-refractivity contribution >= 4 is 41.3 Å². The lowest BCUT2D eigenvalue weighted by molar-refractivity contribution is 0.140. The number of rotatable bonds is 8. The topological polar surface area (TPSA) is 78.6 Å². The number of nitrogens with one attached hydrogen (secondary N) is 2. The number of nitrogens with zero attached hydrogens (tertiary/aromatic N) is 4. The van der Waals surface area contributed by atoms with Gasteiger partial charge in [-0.05, 0) is 56.6 Å². The van der Waals surface area contributed by atoms with Gasteiger partial charge in [-0.1, -0.05) is 18.1 Å². The molecule has 162 valence electrons. The quantitative estimate of drug-likeness (QED) is 0.234. The number of aryl methyl sites for hydroxylation is 2. The maximum atomic E-state index is 5.15. The van der Waals surface area contributed by atoms with E-state index in [4.69, 9.17) is 4.52 Å². The van der Waals surface area contributed by atoms with Gasteiger partial charge in [-0.15, -0.1) is 35.3 Å². The van der Waals surface area contributed by atoms with E-state index in [9.17, 15) is 0 Å². The molecule has 29 heavy (non-hydrogen) atoms. The summed E-state index contributed by atoms with van der Waals surface area (Å²) in [6.07, 6.45) is 4.25. The first kappa shape index (κ1) is 24.1. The van der Waals surface area contributed by atoms with Crippen LogP contribution in [0.2, 0.25) is 0 Å². The van der Waals surface area contributed by atoms with Crippen LogP contribution < -0.4 is 10.6 Å². The number of piperidine rings is 1. The number of thiophene rings is 1. The van der Waals surface area contributed by atoms with Gasteiger partial charge in [0, 0.05) is 31.4 Å². The lowest BCUT2D eigenvalue weighted by atomic mass is 9.97. The first-order valence-electron chi connectivity index (χ1n) is 10.2. The molecule has 0 amide bonds. The standard InChI is InChI=1S/C20H32N6OS.HI/c1-15-8-11-26(12-9-15)17(18-6-5-13-28-18)14-23-20(21-3)22-10-4-7-19-24-16(2)25-27-19;/h5-6,13,15,17H,4,7-12,14H2,1-3H3,(H2,21,22,23);1H. The van der Waals surface area contributed by atoms with Crippen molar-refractivity contribution in [2.24, 2.45) is 10.9 Å². The third kappa shape index (κ3) is 7.53. The summed E-state index contributed by atoms with van der Waals surface area (Å²) in [5.74, 6) is 3.06. The van der Waals surface area contributed by atoms with E-state index < -0.39 is 0 Å². The Balaban J connectivity index is 0.00000300. The molecule has 0 saturated carbocycles. The van der Waals surface area contributed by atoms with Gasteiger partial charge in [0.05, 0.1) is 6.04 Å². The third-order valence-corrected chi connectivity index (χ3v) is 6.22. The zero-order valence-electron chi connectivity index (χ0n) is 17.6. The van der Waals surface area contributed by atoms with E-state index in [1.165, 1.54) is 30.8 Å². The Bertz CT molecular complexity index is 727. The van der Waals surface area contributed by atoms with Crippen LogP contribution in [0.4, 0.5) is 0 Å². The highest BCUT2D eigenvalue weighted by molar-refractivity contribution is 14.0. The summed E-state index contributed by atoms with van der Waals surface area (Å²) in [7, 11) is 1.82. The van der Waals surface area contributed by atoms with E-state index in [2.05, 4.69) is 55.1 Å². The van der Waals surface area contributed by atoms with Gasteiger partial charge >= 0.3 is 0 Å². The number of guanidine groups is 1. The summed E-state index contributed by atoms with van der Waals surface area (Å²) in [6.45, 7) is 8.20. The normalized spacial score (nSPS) is 17.0. The number of hydrogen-bond acceptors (Lipinski definition) is 6. The van der Waals surface area contributed by atoms with Crippen molar-refractivity contribution in [3.63, 3.8) is 0 Å². The van der Waals surface area contributed by atoms with Gasteiger partial charge in [0.25, 0.3) is 0 Å². The Hall–Kier alpha value is -1.20. The summed E-state index contributed by atoms with van der Waals surface area (Å²) in [6, 6.07) is 4.79. The predicted octanol–water partition coefficient (Wildman–Crippen LogP) is 3.63. The van der Waals surface area contributed by atoms with Crippen molar-refractivity contribution in [2.45, 2.75) is 45.6 Å². The fraction of sp³-hybridized carbons (Fsp3) is 0.650. The lowest BCUT2D eigenvalue weighted by Crippen LogP contribution is -2.45. The van der Waals surface area contributed by atoms with Gasteiger partial charge in [-0.25, -0.2) is 0 Å². The molecule has 1 saturated heterocycles. The van der Waals surface area contributed by atoms with E-state index in [-0.39, 0.29) is 24.0 Å². The lowest BCUT2D eigenvalue weighted by Gasteiger charge is -2.36. The molecule has 1 unspecified atom stereocenters. The molecule has 3 heterocycles. The smallest absolute Gasteiger partial charge is 0.226 e. The van der Waals surface area contributed by atoms with Crippen LogP contribution in [-0.4, -0.2) is 54.2 Å². The van der Waals surface area contributed by atoms with Gasteiger partial charge < -0.3 is 15.2 Å². The van der Waals surface area contributed by atoms with E-state index in [0.29, 0.717) is 17.8 Å². The van der Waals surface area contributed by atoms with Crippen LogP contribution in [-0.2, 0) is 6.42 Å². The molecule has 2 aromatic heterocycles. The van der Waals surface area contributed by atoms with Crippen molar-refractivity contribution in [1.82, 2.24) is 25.7 Å². The van der Waals surface area contributed by atoms with Crippen LogP contribution in [0.5, 0.6) is 0 Å². The number of halogens is 1. The minimum Gasteiger partial charge on any atom is -0.356 e. The third-order valence-electron chi connectivity index (χ3n) is 5.25. The fourth-order valence-electron chi connectivity index (χ4n) is 3.53. The molecule has 0 bridgehead atoms. The minimum atomic E-state index is 0. The first-order valence-corrected chi connectivity index (χ1v) is 11.0. The Morgan fingerprint density at radius 2 is 2.17 bits per heavy atom. The molecular formula is C20H33IN6OS. The summed E-state index contributed by atoms with van der Waals surface area (Å²) >= 11 is 1.84. The summed E-state index contributed by atoms with van der Waals surface area (Å²) in [4.78, 5) is 12.6. The molecule has 9 heteroatoms. The van der Waals surface area contributed by atoms with Gasteiger partial charge in [0.1, 0.15) is 0 Å². The van der Waals surface area contributed by atoms with Crippen LogP contribution in [0.25, 0.3) is 0 Å². The van der Waals surface area contributed by atoms with E-state index >= 15 is 0 Å². The van der Waals surface area contributed by atoms with Crippen LogP contribution in [0.3, 0.4) is 0 Å². The van der Waals surface area contributed by atoms with Crippen molar-refractivity contribution in [1.29, 1.82) is 0 Å². The van der Waals surface area contributed by atoms with Crippen LogP contribution >= 0.6 is 35.3 Å². The second kappa shape index (κ2) is 12.5. The van der Waals surface area contributed by atoms with Crippen molar-refractivity contribution in [3.05, 3.63) is 34.1 Å². The molecule has 7 nitrogen and oxygen atoms in total. The highest BCUT2D eigenvalue weighted by Crippen LogP contribution is 2.29. The number of aromatic nitrogens is 2. The van der Waals surface area contributed by atoms with Crippen molar-refractivity contribution < 1.29 is 4.52 Å². The Morgan fingerprint density at radius 3 is 2.79 bits per heavy atom. The first-order chi connectivity index (χ1) is 13.7. The molecule has 2 aromatic rings. The molecule has 0 aliphatic carbocycles. The summed E-state index contributed by atoms with van der Waals surface area (Å²) in [5, 5.41) is 12.9. The molecule has 2 N–H and O–H groups in total. The largest absolute Gasteiger partial charge is 0.356 e. The Morgan fingerprint density at radius 1 is 1.38 bits per heavy atom. The predicted molar refractivity (Wildman–Crippen MR) is 129 cm³/mol. The van der Waals surface area contributed by atoms with Crippen molar-refractivity contribution in [3.8, 4) is 0 Å². The Labute approximate surface area is 194 Å². The van der Waals surface area contributed by atoms with E-state index in [1.54, 1.807) is 0 Å². The average molecular weight is 532 g/mol. The number of likely N-dealkylation sites (tertiary alicyclic amines) is 1. The number of hydrogen-bond donors (Lipinski definition) is 2. The SMILES string of the molecule is CN=C(NCCCc1nc(C)no1)NCC(c1cccs1)N1CCC(C)CC1.I. The molecule has 1 aliphatic rings. The molecule has 1 atom stereocenters. The highest BCUT2D eigenvalue weighted by Gasteiger charge is 2.25. The highest BCUT2D eigenvalue weighted by atomic mass is 127. The molecule has 0 spiro atoms. The molecule has 0 radical (unpaired) electrons. The van der Waals surface area contributed by atoms with Gasteiger partial charge in [-0.3, -0.25) is 9.89 Å². The zero-order valence-corrected chi connectivity index (χ0v) is 20.7.